The minimum atomic E-state index is -4.45. The van der Waals surface area contributed by atoms with Gasteiger partial charge in [0.05, 0.1) is 5.56 Å². The molecule has 0 aliphatic rings. The maximum absolute atomic E-state index is 12.7. The molecule has 8 heteroatoms. The van der Waals surface area contributed by atoms with E-state index in [1.54, 1.807) is 0 Å². The zero-order chi connectivity index (χ0) is 17.0. The van der Waals surface area contributed by atoms with Gasteiger partial charge in [0.15, 0.2) is 0 Å². The lowest BCUT2D eigenvalue weighted by Gasteiger charge is -2.10. The second-order valence-electron chi connectivity index (χ2n) is 5.00. The fraction of sp³-hybridized carbons (Fsp3) is 0.333. The Morgan fingerprint density at radius 2 is 2.00 bits per heavy atom. The molecule has 0 spiro atoms. The summed E-state index contributed by atoms with van der Waals surface area (Å²) in [5.74, 6) is -0.241. The zero-order valence-corrected chi connectivity index (χ0v) is 12.2. The third-order valence-electron chi connectivity index (χ3n) is 3.35. The summed E-state index contributed by atoms with van der Waals surface area (Å²) in [6.07, 6.45) is -2.97. The Hall–Kier alpha value is -2.35. The Morgan fingerprint density at radius 1 is 1.26 bits per heavy atom. The molecule has 0 atom stereocenters. The first-order valence-electron chi connectivity index (χ1n) is 7.00. The number of aryl methyl sites for hydroxylation is 1. The molecule has 0 saturated heterocycles. The number of carbonyl (C=O) groups excluding carboxylic acids is 1. The molecule has 1 amide bonds. The Morgan fingerprint density at radius 3 is 2.65 bits per heavy atom. The summed E-state index contributed by atoms with van der Waals surface area (Å²) >= 11 is 0. The molecule has 0 unspecified atom stereocenters. The van der Waals surface area contributed by atoms with Crippen LogP contribution in [0.1, 0.15) is 12.0 Å². The number of nitrogens with two attached hydrogens (primary N) is 1. The minimum absolute atomic E-state index is 0.0893. The second kappa shape index (κ2) is 6.82. The molecule has 5 nitrogen and oxygen atoms in total. The molecule has 0 saturated carbocycles. The predicted octanol–water partition coefficient (Wildman–Crippen LogP) is 1.49. The molecule has 23 heavy (non-hydrogen) atoms. The van der Waals surface area contributed by atoms with Crippen molar-refractivity contribution in [3.63, 3.8) is 0 Å². The number of nitrogens with one attached hydrogen (secondary N) is 1. The quantitative estimate of drug-likeness (QED) is 0.873. The van der Waals surface area contributed by atoms with E-state index in [1.807, 2.05) is 0 Å². The van der Waals surface area contributed by atoms with E-state index < -0.39 is 17.3 Å². The van der Waals surface area contributed by atoms with Gasteiger partial charge in [-0.3, -0.25) is 9.59 Å². The van der Waals surface area contributed by atoms with Gasteiger partial charge in [0.1, 0.15) is 0 Å². The molecule has 0 radical (unpaired) electrons. The largest absolute Gasteiger partial charge is 0.416 e. The van der Waals surface area contributed by atoms with Crippen molar-refractivity contribution < 1.29 is 18.0 Å². The minimum Gasteiger partial charge on any atom is -0.355 e. The van der Waals surface area contributed by atoms with E-state index in [0.717, 1.165) is 18.2 Å². The maximum Gasteiger partial charge on any atom is 0.416 e. The van der Waals surface area contributed by atoms with E-state index >= 15 is 0 Å². The van der Waals surface area contributed by atoms with Crippen LogP contribution in [0.2, 0.25) is 0 Å². The Balaban J connectivity index is 2.22. The zero-order valence-electron chi connectivity index (χ0n) is 12.2. The summed E-state index contributed by atoms with van der Waals surface area (Å²) in [6.45, 7) is 0.821. The number of amides is 1. The van der Waals surface area contributed by atoms with Crippen LogP contribution in [0.3, 0.4) is 0 Å². The van der Waals surface area contributed by atoms with Crippen LogP contribution >= 0.6 is 0 Å². The molecule has 1 aromatic carbocycles. The number of benzene rings is 1. The van der Waals surface area contributed by atoms with Gasteiger partial charge in [0.25, 0.3) is 5.56 Å². The van der Waals surface area contributed by atoms with Gasteiger partial charge in [-0.25, -0.2) is 0 Å². The van der Waals surface area contributed by atoms with Crippen molar-refractivity contribution in [3.8, 4) is 0 Å². The number of hydrogen-bond donors (Lipinski definition) is 2. The average molecular weight is 327 g/mol. The van der Waals surface area contributed by atoms with Crippen LogP contribution in [0.4, 0.5) is 13.2 Å². The van der Waals surface area contributed by atoms with Crippen molar-refractivity contribution >= 4 is 16.7 Å². The molecule has 3 N–H and O–H groups in total. The predicted molar refractivity (Wildman–Crippen MR) is 79.9 cm³/mol. The van der Waals surface area contributed by atoms with Crippen molar-refractivity contribution in [3.05, 3.63) is 46.4 Å². The number of carbonyl (C=O) groups is 1. The lowest BCUT2D eigenvalue weighted by molar-refractivity contribution is -0.137. The highest BCUT2D eigenvalue weighted by molar-refractivity contribution is 5.82. The van der Waals surface area contributed by atoms with Crippen LogP contribution < -0.4 is 16.6 Å². The van der Waals surface area contributed by atoms with Crippen LogP contribution in [0, 0.1) is 0 Å². The van der Waals surface area contributed by atoms with Gasteiger partial charge in [-0.1, -0.05) is 0 Å². The van der Waals surface area contributed by atoms with Gasteiger partial charge in [-0.15, -0.1) is 0 Å². The Labute approximate surface area is 129 Å². The van der Waals surface area contributed by atoms with Crippen molar-refractivity contribution in [2.75, 3.05) is 13.1 Å². The summed E-state index contributed by atoms with van der Waals surface area (Å²) in [5.41, 5.74) is 4.03. The topological polar surface area (TPSA) is 77.1 Å². The van der Waals surface area contributed by atoms with Crippen LogP contribution in [0.5, 0.6) is 0 Å². The molecule has 0 aliphatic heterocycles. The normalized spacial score (nSPS) is 11.7. The second-order valence-corrected chi connectivity index (χ2v) is 5.00. The molecule has 0 aliphatic carbocycles. The fourth-order valence-electron chi connectivity index (χ4n) is 2.16. The number of nitrogens with zero attached hydrogens (tertiary/aromatic N) is 1. The first-order chi connectivity index (χ1) is 10.8. The SMILES string of the molecule is NCCNC(=O)CCn1ccc2cc(C(F)(F)F)ccc2c1=O. The summed E-state index contributed by atoms with van der Waals surface area (Å²) in [7, 11) is 0. The van der Waals surface area contributed by atoms with E-state index in [-0.39, 0.29) is 29.6 Å². The summed E-state index contributed by atoms with van der Waals surface area (Å²) in [4.78, 5) is 23.7. The Bertz CT molecular complexity index is 769. The van der Waals surface area contributed by atoms with Crippen molar-refractivity contribution in [2.45, 2.75) is 19.1 Å². The molecule has 2 aromatic rings. The number of halogens is 3. The van der Waals surface area contributed by atoms with Gasteiger partial charge >= 0.3 is 6.18 Å². The van der Waals surface area contributed by atoms with E-state index in [0.29, 0.717) is 13.1 Å². The van der Waals surface area contributed by atoms with Crippen molar-refractivity contribution in [1.29, 1.82) is 0 Å². The van der Waals surface area contributed by atoms with Crippen LogP contribution in [0.25, 0.3) is 10.8 Å². The molecule has 0 bridgehead atoms. The number of alkyl halides is 3. The number of hydrogen-bond acceptors (Lipinski definition) is 3. The van der Waals surface area contributed by atoms with Gasteiger partial charge in [-0.2, -0.15) is 13.2 Å². The third-order valence-corrected chi connectivity index (χ3v) is 3.35. The van der Waals surface area contributed by atoms with E-state index in [2.05, 4.69) is 5.32 Å². The molecule has 2 rings (SSSR count). The summed E-state index contributed by atoms with van der Waals surface area (Å²) in [6, 6.07) is 4.41. The van der Waals surface area contributed by atoms with Crippen molar-refractivity contribution in [2.24, 2.45) is 5.73 Å². The third kappa shape index (κ3) is 4.10. The highest BCUT2D eigenvalue weighted by Gasteiger charge is 2.30. The number of aromatic nitrogens is 1. The van der Waals surface area contributed by atoms with Crippen LogP contribution in [0.15, 0.2) is 35.3 Å². The summed E-state index contributed by atoms with van der Waals surface area (Å²) in [5, 5.41) is 2.98. The molecule has 124 valence electrons. The average Bonchev–Trinajstić information content (AvgIpc) is 2.51. The van der Waals surface area contributed by atoms with Crippen molar-refractivity contribution in [1.82, 2.24) is 9.88 Å². The van der Waals surface area contributed by atoms with E-state index in [4.69, 9.17) is 5.73 Å². The first-order valence-corrected chi connectivity index (χ1v) is 7.00. The molecule has 1 heterocycles. The lowest BCUT2D eigenvalue weighted by atomic mass is 10.1. The molecular weight excluding hydrogens is 311 g/mol. The van der Waals surface area contributed by atoms with E-state index in [1.165, 1.54) is 16.8 Å². The van der Waals surface area contributed by atoms with Gasteiger partial charge < -0.3 is 15.6 Å². The molecule has 0 fully saturated rings. The number of rotatable bonds is 5. The van der Waals surface area contributed by atoms with Crippen LogP contribution in [-0.2, 0) is 17.5 Å². The van der Waals surface area contributed by atoms with Gasteiger partial charge in [0, 0.05) is 37.6 Å². The smallest absolute Gasteiger partial charge is 0.355 e. The number of fused-ring (bicyclic) bond motifs is 1. The maximum atomic E-state index is 12.7. The molecule has 1 aromatic heterocycles. The lowest BCUT2D eigenvalue weighted by Crippen LogP contribution is -2.30. The molecular formula is C15H16F3N3O2. The van der Waals surface area contributed by atoms with E-state index in [9.17, 15) is 22.8 Å². The van der Waals surface area contributed by atoms with Crippen LogP contribution in [-0.4, -0.2) is 23.6 Å². The highest BCUT2D eigenvalue weighted by atomic mass is 19.4. The standard InChI is InChI=1S/C15H16F3N3O2/c16-15(17,18)11-1-2-12-10(9-11)3-7-21(14(12)23)8-4-13(22)20-6-5-19/h1-3,7,9H,4-6,8,19H2,(H,20,22). The summed E-state index contributed by atoms with van der Waals surface area (Å²) < 4.78 is 39.3. The first kappa shape index (κ1) is 17.0. The monoisotopic (exact) mass is 327 g/mol. The number of pyridine rings is 1. The van der Waals surface area contributed by atoms with Gasteiger partial charge in [0.2, 0.25) is 5.91 Å². The fourth-order valence-corrected chi connectivity index (χ4v) is 2.16. The highest BCUT2D eigenvalue weighted by Crippen LogP contribution is 2.30. The van der Waals surface area contributed by atoms with Gasteiger partial charge in [-0.05, 0) is 29.7 Å². The Kier molecular flexibility index (Phi) is 5.05.